The lowest BCUT2D eigenvalue weighted by Gasteiger charge is -1.96. The van der Waals surface area contributed by atoms with Gasteiger partial charge in [-0.05, 0) is 38.7 Å². The predicted octanol–water partition coefficient (Wildman–Crippen LogP) is 2.81. The van der Waals surface area contributed by atoms with Gasteiger partial charge in [0.05, 0.1) is 0 Å². The third kappa shape index (κ3) is 7.94. The maximum Gasteiger partial charge on any atom is 0.194 e. The van der Waals surface area contributed by atoms with Crippen molar-refractivity contribution < 1.29 is 5.11 Å². The molecule has 0 radical (unpaired) electrons. The average Bonchev–Trinajstić information content (AvgIpc) is 2.35. The van der Waals surface area contributed by atoms with Crippen molar-refractivity contribution in [2.24, 2.45) is 10.7 Å². The second-order valence-electron chi connectivity index (χ2n) is 2.74. The number of aliphatic imine (C=N–C) groups is 1. The van der Waals surface area contributed by atoms with Crippen molar-refractivity contribution in [2.45, 2.75) is 34.1 Å². The average molecular weight is 225 g/mol. The van der Waals surface area contributed by atoms with Crippen molar-refractivity contribution in [1.29, 1.82) is 0 Å². The van der Waals surface area contributed by atoms with E-state index < -0.39 is 0 Å². The number of aromatic nitrogens is 1. The van der Waals surface area contributed by atoms with Crippen LogP contribution in [0, 0.1) is 6.92 Å². The first-order valence-corrected chi connectivity index (χ1v) is 5.49. The summed E-state index contributed by atoms with van der Waals surface area (Å²) >= 11 is 0. The number of pyridine rings is 1. The van der Waals surface area contributed by atoms with Crippen molar-refractivity contribution in [3.63, 3.8) is 0 Å². The summed E-state index contributed by atoms with van der Waals surface area (Å²) in [6.07, 6.45) is 1.10. The molecule has 16 heavy (non-hydrogen) atoms. The summed E-state index contributed by atoms with van der Waals surface area (Å²) in [5.74, 6) is 0.362. The van der Waals surface area contributed by atoms with Gasteiger partial charge >= 0.3 is 0 Å². The highest BCUT2D eigenvalue weighted by molar-refractivity contribution is 5.49. The number of hydrogen-bond acceptors (Lipinski definition) is 4. The van der Waals surface area contributed by atoms with Crippen LogP contribution in [-0.4, -0.2) is 23.4 Å². The van der Waals surface area contributed by atoms with E-state index in [1.54, 1.807) is 12.1 Å². The zero-order chi connectivity index (χ0) is 13.0. The van der Waals surface area contributed by atoms with Crippen molar-refractivity contribution >= 4 is 12.5 Å². The molecule has 0 amide bonds. The molecule has 1 aromatic rings. The van der Waals surface area contributed by atoms with Gasteiger partial charge in [0, 0.05) is 5.69 Å². The van der Waals surface area contributed by atoms with Crippen molar-refractivity contribution in [3.8, 4) is 5.75 Å². The molecule has 1 heterocycles. The van der Waals surface area contributed by atoms with Gasteiger partial charge in [-0.3, -0.25) is 0 Å². The van der Waals surface area contributed by atoms with Gasteiger partial charge in [-0.2, -0.15) is 0 Å². The van der Waals surface area contributed by atoms with Gasteiger partial charge in [-0.25, -0.2) is 9.98 Å². The van der Waals surface area contributed by atoms with Crippen LogP contribution in [0.3, 0.4) is 0 Å². The molecular weight excluding hydrogens is 202 g/mol. The van der Waals surface area contributed by atoms with Crippen LogP contribution in [0.4, 0.5) is 5.82 Å². The molecule has 4 nitrogen and oxygen atoms in total. The lowest BCUT2D eigenvalue weighted by atomic mass is 10.3. The van der Waals surface area contributed by atoms with E-state index in [-0.39, 0.29) is 5.75 Å². The van der Waals surface area contributed by atoms with Gasteiger partial charge in [0.15, 0.2) is 11.6 Å². The van der Waals surface area contributed by atoms with Crippen LogP contribution < -0.4 is 5.73 Å². The molecule has 0 aliphatic rings. The molecule has 0 aliphatic carbocycles. The third-order valence-corrected chi connectivity index (χ3v) is 1.43. The molecular formula is C12H23N3O. The smallest absolute Gasteiger partial charge is 0.194 e. The van der Waals surface area contributed by atoms with Gasteiger partial charge in [-0.1, -0.05) is 20.8 Å². The number of aromatic hydroxyl groups is 1. The number of hydrogen-bond donors (Lipinski definition) is 2. The third-order valence-electron chi connectivity index (χ3n) is 1.43. The summed E-state index contributed by atoms with van der Waals surface area (Å²) in [4.78, 5) is 7.43. The maximum absolute atomic E-state index is 9.04. The minimum absolute atomic E-state index is 0.0700. The Bertz CT molecular complexity index is 286. The molecule has 0 saturated heterocycles. The van der Waals surface area contributed by atoms with Crippen LogP contribution in [0.2, 0.25) is 0 Å². The number of rotatable bonds is 2. The summed E-state index contributed by atoms with van der Waals surface area (Å²) in [6, 6.07) is 3.26. The van der Waals surface area contributed by atoms with E-state index in [1.807, 2.05) is 20.8 Å². The highest BCUT2D eigenvalue weighted by atomic mass is 16.3. The fraction of sp³-hybridized carbons (Fsp3) is 0.500. The summed E-state index contributed by atoms with van der Waals surface area (Å²) in [5.41, 5.74) is 5.85. The van der Waals surface area contributed by atoms with Crippen LogP contribution in [0.5, 0.6) is 5.75 Å². The zero-order valence-electron chi connectivity index (χ0n) is 10.7. The van der Waals surface area contributed by atoms with E-state index in [1.165, 1.54) is 0 Å². The first kappa shape index (κ1) is 17.0. The van der Waals surface area contributed by atoms with Crippen molar-refractivity contribution in [3.05, 3.63) is 17.8 Å². The first-order valence-electron chi connectivity index (χ1n) is 5.49. The predicted molar refractivity (Wildman–Crippen MR) is 70.5 cm³/mol. The lowest BCUT2D eigenvalue weighted by molar-refractivity contribution is 0.474. The molecule has 0 saturated carbocycles. The standard InChI is InChI=1S/C7H8N2O.C3H9N.C2H6/c1-5-3-4-6(10)7(8-2)9-5;1-2-3-4;1-2/h3-4,10H,2H2,1H3;2-4H2,1H3;1-2H3. The van der Waals surface area contributed by atoms with Gasteiger partial charge in [-0.15, -0.1) is 0 Å². The molecule has 1 rings (SSSR count). The molecule has 3 N–H and O–H groups in total. The minimum Gasteiger partial charge on any atom is -0.504 e. The van der Waals surface area contributed by atoms with E-state index in [2.05, 4.69) is 23.6 Å². The largest absolute Gasteiger partial charge is 0.504 e. The molecule has 0 fully saturated rings. The fourth-order valence-electron chi connectivity index (χ4n) is 0.652. The Morgan fingerprint density at radius 3 is 2.25 bits per heavy atom. The molecule has 4 heteroatoms. The molecule has 1 aromatic heterocycles. The lowest BCUT2D eigenvalue weighted by Crippen LogP contribution is -1.93. The van der Waals surface area contributed by atoms with E-state index in [9.17, 15) is 0 Å². The van der Waals surface area contributed by atoms with Crippen LogP contribution >= 0.6 is 0 Å². The molecule has 0 aromatic carbocycles. The summed E-state index contributed by atoms with van der Waals surface area (Å²) in [6.45, 7) is 12.0. The van der Waals surface area contributed by atoms with E-state index in [0.717, 1.165) is 18.7 Å². The highest BCUT2D eigenvalue weighted by Crippen LogP contribution is 2.21. The van der Waals surface area contributed by atoms with E-state index in [0.29, 0.717) is 5.82 Å². The number of aryl methyl sites for hydroxylation is 1. The Morgan fingerprint density at radius 2 is 1.94 bits per heavy atom. The van der Waals surface area contributed by atoms with Gasteiger partial charge < -0.3 is 10.8 Å². The summed E-state index contributed by atoms with van der Waals surface area (Å²) in [7, 11) is 0. The van der Waals surface area contributed by atoms with Gasteiger partial charge in [0.25, 0.3) is 0 Å². The molecule has 0 unspecified atom stereocenters. The Kier molecular flexibility index (Phi) is 12.4. The highest BCUT2D eigenvalue weighted by Gasteiger charge is 1.97. The Hall–Kier alpha value is -1.42. The number of nitrogens with two attached hydrogens (primary N) is 1. The fourth-order valence-corrected chi connectivity index (χ4v) is 0.652. The van der Waals surface area contributed by atoms with Crippen LogP contribution in [0.25, 0.3) is 0 Å². The monoisotopic (exact) mass is 225 g/mol. The zero-order valence-corrected chi connectivity index (χ0v) is 10.7. The van der Waals surface area contributed by atoms with Gasteiger partial charge in [0.1, 0.15) is 0 Å². The van der Waals surface area contributed by atoms with E-state index in [4.69, 9.17) is 10.8 Å². The maximum atomic E-state index is 9.04. The molecule has 92 valence electrons. The van der Waals surface area contributed by atoms with E-state index >= 15 is 0 Å². The Labute approximate surface area is 98.2 Å². The van der Waals surface area contributed by atoms with Crippen molar-refractivity contribution in [1.82, 2.24) is 4.98 Å². The topological polar surface area (TPSA) is 71.5 Å². The van der Waals surface area contributed by atoms with Crippen LogP contribution in [-0.2, 0) is 0 Å². The van der Waals surface area contributed by atoms with Crippen LogP contribution in [0.15, 0.2) is 17.1 Å². The van der Waals surface area contributed by atoms with Gasteiger partial charge in [0.2, 0.25) is 0 Å². The van der Waals surface area contributed by atoms with Crippen molar-refractivity contribution in [2.75, 3.05) is 6.54 Å². The first-order chi connectivity index (χ1) is 7.65. The quantitative estimate of drug-likeness (QED) is 0.760. The molecule has 0 aliphatic heterocycles. The molecule has 0 spiro atoms. The normalized spacial score (nSPS) is 8.06. The SMILES string of the molecule is C=Nc1nc(C)ccc1O.CC.CCCN. The second-order valence-corrected chi connectivity index (χ2v) is 2.74. The Morgan fingerprint density at radius 1 is 1.44 bits per heavy atom. The second kappa shape index (κ2) is 11.7. The van der Waals surface area contributed by atoms with Crippen LogP contribution in [0.1, 0.15) is 32.9 Å². The molecule has 0 bridgehead atoms. The minimum atomic E-state index is 0.0700. The summed E-state index contributed by atoms with van der Waals surface area (Å²) in [5, 5.41) is 9.04. The molecule has 0 atom stereocenters. The Balaban J connectivity index is 0. The summed E-state index contributed by atoms with van der Waals surface area (Å²) < 4.78 is 0. The number of nitrogens with zero attached hydrogens (tertiary/aromatic N) is 2.